The number of benzene rings is 2. The molecule has 1 N–H and O–H groups in total. The summed E-state index contributed by atoms with van der Waals surface area (Å²) in [7, 11) is 0. The minimum absolute atomic E-state index is 0.199. The number of halogens is 1. The van der Waals surface area contributed by atoms with E-state index in [9.17, 15) is 4.39 Å². The van der Waals surface area contributed by atoms with Crippen molar-refractivity contribution in [2.75, 3.05) is 0 Å². The summed E-state index contributed by atoms with van der Waals surface area (Å²) in [6.07, 6.45) is 3.69. The van der Waals surface area contributed by atoms with E-state index in [4.69, 9.17) is 0 Å². The van der Waals surface area contributed by atoms with Gasteiger partial charge in [0.1, 0.15) is 5.82 Å². The first-order chi connectivity index (χ1) is 9.83. The Kier molecular flexibility index (Phi) is 3.70. The van der Waals surface area contributed by atoms with E-state index in [1.807, 2.05) is 24.5 Å². The van der Waals surface area contributed by atoms with Crippen LogP contribution in [0.5, 0.6) is 0 Å². The van der Waals surface area contributed by atoms with Crippen molar-refractivity contribution in [3.8, 4) is 0 Å². The summed E-state index contributed by atoms with van der Waals surface area (Å²) in [5, 5.41) is 5.75. The molecule has 0 saturated heterocycles. The van der Waals surface area contributed by atoms with Crippen molar-refractivity contribution in [3.05, 3.63) is 77.9 Å². The average Bonchev–Trinajstić information content (AvgIpc) is 2.49. The van der Waals surface area contributed by atoms with Gasteiger partial charge in [-0.1, -0.05) is 30.3 Å². The third kappa shape index (κ3) is 2.83. The second-order valence-corrected chi connectivity index (χ2v) is 4.74. The quantitative estimate of drug-likeness (QED) is 0.779. The van der Waals surface area contributed by atoms with Gasteiger partial charge in [-0.25, -0.2) is 4.39 Å². The van der Waals surface area contributed by atoms with Crippen LogP contribution in [-0.2, 0) is 13.1 Å². The van der Waals surface area contributed by atoms with Gasteiger partial charge in [0.05, 0.1) is 0 Å². The predicted octanol–water partition coefficient (Wildman–Crippen LogP) is 3.66. The molecule has 3 heteroatoms. The molecular formula is C17H15FN2. The van der Waals surface area contributed by atoms with Crippen molar-refractivity contribution in [2.45, 2.75) is 13.1 Å². The molecule has 0 aliphatic heterocycles. The van der Waals surface area contributed by atoms with Gasteiger partial charge in [-0.05, 0) is 34.7 Å². The molecule has 1 aromatic heterocycles. The van der Waals surface area contributed by atoms with Crippen LogP contribution in [0.15, 0.2) is 60.9 Å². The van der Waals surface area contributed by atoms with Gasteiger partial charge in [0.15, 0.2) is 0 Å². The van der Waals surface area contributed by atoms with Gasteiger partial charge in [-0.3, -0.25) is 4.98 Å². The third-order valence-electron chi connectivity index (χ3n) is 3.33. The fourth-order valence-corrected chi connectivity index (χ4v) is 2.29. The van der Waals surface area contributed by atoms with Crippen LogP contribution in [0.3, 0.4) is 0 Å². The number of pyridine rings is 1. The second-order valence-electron chi connectivity index (χ2n) is 4.74. The Morgan fingerprint density at radius 1 is 0.950 bits per heavy atom. The highest BCUT2D eigenvalue weighted by atomic mass is 19.1. The topological polar surface area (TPSA) is 24.9 Å². The van der Waals surface area contributed by atoms with Crippen molar-refractivity contribution in [3.63, 3.8) is 0 Å². The normalized spacial score (nSPS) is 10.8. The van der Waals surface area contributed by atoms with Gasteiger partial charge in [0.2, 0.25) is 0 Å². The van der Waals surface area contributed by atoms with Gasteiger partial charge in [-0.2, -0.15) is 0 Å². The Morgan fingerprint density at radius 3 is 2.65 bits per heavy atom. The van der Waals surface area contributed by atoms with Crippen LogP contribution in [0.1, 0.15) is 11.1 Å². The molecule has 0 bridgehead atoms. The maximum atomic E-state index is 12.8. The molecule has 0 atom stereocenters. The highest BCUT2D eigenvalue weighted by Gasteiger charge is 2.00. The first-order valence-corrected chi connectivity index (χ1v) is 6.60. The van der Waals surface area contributed by atoms with Gasteiger partial charge in [-0.15, -0.1) is 0 Å². The molecule has 0 fully saturated rings. The van der Waals surface area contributed by atoms with Crippen LogP contribution in [0, 0.1) is 5.82 Å². The summed E-state index contributed by atoms with van der Waals surface area (Å²) in [6.45, 7) is 1.50. The molecule has 0 aliphatic carbocycles. The lowest BCUT2D eigenvalue weighted by Gasteiger charge is -2.08. The molecule has 100 valence electrons. The van der Waals surface area contributed by atoms with E-state index in [1.165, 1.54) is 23.1 Å². The maximum Gasteiger partial charge on any atom is 0.123 e. The molecule has 3 rings (SSSR count). The highest BCUT2D eigenvalue weighted by molar-refractivity contribution is 5.84. The van der Waals surface area contributed by atoms with Crippen LogP contribution in [0.4, 0.5) is 4.39 Å². The number of hydrogen-bond donors (Lipinski definition) is 1. The Morgan fingerprint density at radius 2 is 1.80 bits per heavy atom. The third-order valence-corrected chi connectivity index (χ3v) is 3.33. The lowest BCUT2D eigenvalue weighted by Crippen LogP contribution is -2.12. The monoisotopic (exact) mass is 266 g/mol. The van der Waals surface area contributed by atoms with Crippen molar-refractivity contribution in [1.29, 1.82) is 0 Å². The molecule has 0 unspecified atom stereocenters. The molecule has 1 heterocycles. The molecule has 0 spiro atoms. The molecule has 0 aliphatic rings. The van der Waals surface area contributed by atoms with Gasteiger partial charge >= 0.3 is 0 Å². The van der Waals surface area contributed by atoms with E-state index in [-0.39, 0.29) is 5.82 Å². The fraction of sp³-hybridized carbons (Fsp3) is 0.118. The zero-order valence-electron chi connectivity index (χ0n) is 11.0. The van der Waals surface area contributed by atoms with Gasteiger partial charge in [0, 0.05) is 30.9 Å². The van der Waals surface area contributed by atoms with E-state index in [2.05, 4.69) is 22.4 Å². The van der Waals surface area contributed by atoms with Crippen LogP contribution >= 0.6 is 0 Å². The Labute approximate surface area is 117 Å². The summed E-state index contributed by atoms with van der Waals surface area (Å²) in [4.78, 5) is 4.13. The van der Waals surface area contributed by atoms with Crippen LogP contribution < -0.4 is 5.32 Å². The lowest BCUT2D eigenvalue weighted by atomic mass is 10.1. The largest absolute Gasteiger partial charge is 0.309 e. The molecule has 0 amide bonds. The SMILES string of the molecule is Fc1ccc(CNCc2cccc3cnccc23)cc1. The minimum Gasteiger partial charge on any atom is -0.309 e. The summed E-state index contributed by atoms with van der Waals surface area (Å²) >= 11 is 0. The first-order valence-electron chi connectivity index (χ1n) is 6.60. The van der Waals surface area contributed by atoms with Crippen LogP contribution in [-0.4, -0.2) is 4.98 Å². The van der Waals surface area contributed by atoms with Crippen molar-refractivity contribution in [2.24, 2.45) is 0 Å². The molecule has 2 aromatic carbocycles. The van der Waals surface area contributed by atoms with Crippen molar-refractivity contribution < 1.29 is 4.39 Å². The van der Waals surface area contributed by atoms with Crippen molar-refractivity contribution >= 4 is 10.8 Å². The lowest BCUT2D eigenvalue weighted by molar-refractivity contribution is 0.625. The number of aromatic nitrogens is 1. The molecule has 2 nitrogen and oxygen atoms in total. The van der Waals surface area contributed by atoms with Crippen LogP contribution in [0.2, 0.25) is 0 Å². The smallest absolute Gasteiger partial charge is 0.123 e. The average molecular weight is 266 g/mol. The summed E-state index contributed by atoms with van der Waals surface area (Å²) in [5.41, 5.74) is 2.32. The van der Waals surface area contributed by atoms with E-state index >= 15 is 0 Å². The highest BCUT2D eigenvalue weighted by Crippen LogP contribution is 2.17. The molecule has 3 aromatic rings. The Bertz CT molecular complexity index is 702. The maximum absolute atomic E-state index is 12.8. The molecule has 20 heavy (non-hydrogen) atoms. The number of rotatable bonds is 4. The van der Waals surface area contributed by atoms with E-state index in [1.54, 1.807) is 12.1 Å². The standard InChI is InChI=1S/C17H15FN2/c18-16-6-4-13(5-7-16)10-20-12-15-3-1-2-14-11-19-9-8-17(14)15/h1-9,11,20H,10,12H2. The minimum atomic E-state index is -0.199. The molecule has 0 saturated carbocycles. The Balaban J connectivity index is 1.69. The molecule has 0 radical (unpaired) electrons. The van der Waals surface area contributed by atoms with E-state index < -0.39 is 0 Å². The number of hydrogen-bond acceptors (Lipinski definition) is 2. The number of nitrogens with zero attached hydrogens (tertiary/aromatic N) is 1. The molecular weight excluding hydrogens is 251 g/mol. The summed E-state index contributed by atoms with van der Waals surface area (Å²) in [6, 6.07) is 14.8. The van der Waals surface area contributed by atoms with Gasteiger partial charge in [0.25, 0.3) is 0 Å². The predicted molar refractivity (Wildman–Crippen MR) is 78.7 cm³/mol. The van der Waals surface area contributed by atoms with Crippen molar-refractivity contribution in [1.82, 2.24) is 10.3 Å². The number of fused-ring (bicyclic) bond motifs is 1. The zero-order chi connectivity index (χ0) is 13.8. The summed E-state index contributed by atoms with van der Waals surface area (Å²) in [5.74, 6) is -0.199. The fourth-order valence-electron chi connectivity index (χ4n) is 2.29. The second kappa shape index (κ2) is 5.80. The van der Waals surface area contributed by atoms with Gasteiger partial charge < -0.3 is 5.32 Å². The summed E-state index contributed by atoms with van der Waals surface area (Å²) < 4.78 is 12.8. The van der Waals surface area contributed by atoms with Crippen LogP contribution in [0.25, 0.3) is 10.8 Å². The Hall–Kier alpha value is -2.26. The first kappa shape index (κ1) is 12.8. The number of nitrogens with one attached hydrogen (secondary N) is 1. The van der Waals surface area contributed by atoms with E-state index in [0.29, 0.717) is 0 Å². The zero-order valence-corrected chi connectivity index (χ0v) is 11.0. The van der Waals surface area contributed by atoms with E-state index in [0.717, 1.165) is 24.0 Å².